The van der Waals surface area contributed by atoms with Gasteiger partial charge in [-0.1, -0.05) is 0 Å². The third-order valence-corrected chi connectivity index (χ3v) is 4.20. The summed E-state index contributed by atoms with van der Waals surface area (Å²) in [6.45, 7) is 4.73. The number of nitrogens with zero attached hydrogens (tertiary/aromatic N) is 3. The Morgan fingerprint density at radius 1 is 1.44 bits per heavy atom. The Kier molecular flexibility index (Phi) is 3.43. The molecule has 0 amide bonds. The summed E-state index contributed by atoms with van der Waals surface area (Å²) in [5.74, 6) is 0.770. The zero-order valence-electron chi connectivity index (χ0n) is 10.6. The quantitative estimate of drug-likeness (QED) is 0.870. The van der Waals surface area contributed by atoms with Crippen LogP contribution in [-0.2, 0) is 19.6 Å². The molecule has 0 aromatic carbocycles. The molecule has 1 aliphatic carbocycles. The molecule has 2 aromatic rings. The van der Waals surface area contributed by atoms with Crippen LogP contribution in [0.5, 0.6) is 0 Å². The summed E-state index contributed by atoms with van der Waals surface area (Å²) in [5.41, 5.74) is 2.40. The topological polar surface area (TPSA) is 42.7 Å². The molecule has 2 heterocycles. The first kappa shape index (κ1) is 11.9. The Morgan fingerprint density at radius 3 is 3.06 bits per heavy atom. The van der Waals surface area contributed by atoms with Crippen molar-refractivity contribution in [3.63, 3.8) is 0 Å². The number of nitrogens with one attached hydrogen (secondary N) is 1. The van der Waals surface area contributed by atoms with Crippen molar-refractivity contribution in [2.24, 2.45) is 0 Å². The van der Waals surface area contributed by atoms with Gasteiger partial charge in [-0.25, -0.2) is 4.98 Å². The van der Waals surface area contributed by atoms with Crippen molar-refractivity contribution in [1.29, 1.82) is 0 Å². The van der Waals surface area contributed by atoms with Crippen LogP contribution < -0.4 is 5.32 Å². The highest BCUT2D eigenvalue weighted by Crippen LogP contribution is 2.41. The first-order valence-electron chi connectivity index (χ1n) is 6.51. The summed E-state index contributed by atoms with van der Waals surface area (Å²) >= 11 is 1.81. The molecule has 0 atom stereocenters. The molecular formula is C13H18N4S. The van der Waals surface area contributed by atoms with E-state index in [0.29, 0.717) is 0 Å². The van der Waals surface area contributed by atoms with Gasteiger partial charge in [0.15, 0.2) is 0 Å². The van der Waals surface area contributed by atoms with E-state index in [0.717, 1.165) is 25.6 Å². The average Bonchev–Trinajstić information content (AvgIpc) is 2.96. The van der Waals surface area contributed by atoms with Crippen LogP contribution in [0.4, 0.5) is 0 Å². The van der Waals surface area contributed by atoms with E-state index in [9.17, 15) is 0 Å². The molecule has 5 heteroatoms. The van der Waals surface area contributed by atoms with Gasteiger partial charge in [0.1, 0.15) is 0 Å². The highest BCUT2D eigenvalue weighted by Gasteiger charge is 2.26. The molecule has 0 saturated heterocycles. The van der Waals surface area contributed by atoms with Crippen molar-refractivity contribution in [1.82, 2.24) is 20.1 Å². The van der Waals surface area contributed by atoms with E-state index in [1.165, 1.54) is 29.1 Å². The number of thiazole rings is 1. The van der Waals surface area contributed by atoms with Gasteiger partial charge in [0.25, 0.3) is 0 Å². The molecule has 1 aliphatic rings. The summed E-state index contributed by atoms with van der Waals surface area (Å²) in [6.07, 6.45) is 6.67. The van der Waals surface area contributed by atoms with Crippen LogP contribution in [0.1, 0.15) is 41.9 Å². The Hall–Kier alpha value is -1.20. The lowest BCUT2D eigenvalue weighted by molar-refractivity contribution is 0.654. The largest absolute Gasteiger partial charge is 0.307 e. The fourth-order valence-electron chi connectivity index (χ4n) is 1.93. The van der Waals surface area contributed by atoms with Crippen LogP contribution in [0, 0.1) is 0 Å². The highest BCUT2D eigenvalue weighted by atomic mass is 32.1. The lowest BCUT2D eigenvalue weighted by Crippen LogP contribution is -2.12. The minimum absolute atomic E-state index is 0.770. The predicted molar refractivity (Wildman–Crippen MR) is 72.5 cm³/mol. The molecule has 4 nitrogen and oxygen atoms in total. The number of hydrogen-bond donors (Lipinski definition) is 1. The van der Waals surface area contributed by atoms with Gasteiger partial charge < -0.3 is 5.32 Å². The number of rotatable bonds is 6. The molecule has 96 valence electrons. The standard InChI is InChI=1S/C13H18N4S/c1-2-17-8-10(6-15-17)5-14-7-12-9-18-13(16-12)11-3-4-11/h6,8-9,11,14H,2-5,7H2,1H3. The predicted octanol–water partition coefficient (Wildman–Crippen LogP) is 2.53. The Balaban J connectivity index is 1.48. The van der Waals surface area contributed by atoms with Gasteiger partial charge in [0, 0.05) is 42.7 Å². The minimum atomic E-state index is 0.770. The van der Waals surface area contributed by atoms with E-state index in [-0.39, 0.29) is 0 Å². The lowest BCUT2D eigenvalue weighted by Gasteiger charge is -1.99. The van der Waals surface area contributed by atoms with Gasteiger partial charge >= 0.3 is 0 Å². The van der Waals surface area contributed by atoms with Gasteiger partial charge in [0.05, 0.1) is 16.9 Å². The van der Waals surface area contributed by atoms with Gasteiger partial charge in [-0.15, -0.1) is 11.3 Å². The van der Waals surface area contributed by atoms with Gasteiger partial charge in [-0.05, 0) is 19.8 Å². The van der Waals surface area contributed by atoms with Gasteiger partial charge in [0.2, 0.25) is 0 Å². The van der Waals surface area contributed by atoms with Crippen molar-refractivity contribution in [3.05, 3.63) is 34.0 Å². The van der Waals surface area contributed by atoms with Crippen LogP contribution in [-0.4, -0.2) is 14.8 Å². The summed E-state index contributed by atoms with van der Waals surface area (Å²) in [4.78, 5) is 4.66. The van der Waals surface area contributed by atoms with Crippen LogP contribution in [0.2, 0.25) is 0 Å². The van der Waals surface area contributed by atoms with Crippen LogP contribution >= 0.6 is 11.3 Å². The summed E-state index contributed by atoms with van der Waals surface area (Å²) < 4.78 is 1.95. The highest BCUT2D eigenvalue weighted by molar-refractivity contribution is 7.09. The molecule has 0 unspecified atom stereocenters. The second-order valence-corrected chi connectivity index (χ2v) is 5.65. The van der Waals surface area contributed by atoms with Gasteiger partial charge in [-0.2, -0.15) is 5.10 Å². The summed E-state index contributed by atoms with van der Waals surface area (Å²) in [5, 5.41) is 11.2. The first-order chi connectivity index (χ1) is 8.85. The molecule has 1 N–H and O–H groups in total. The third-order valence-electron chi connectivity index (χ3n) is 3.14. The maximum absolute atomic E-state index is 4.66. The second-order valence-electron chi connectivity index (χ2n) is 4.76. The van der Waals surface area contributed by atoms with Gasteiger partial charge in [-0.3, -0.25) is 4.68 Å². The van der Waals surface area contributed by atoms with E-state index < -0.39 is 0 Å². The molecule has 1 saturated carbocycles. The summed E-state index contributed by atoms with van der Waals surface area (Å²) in [6, 6.07) is 0. The van der Waals surface area contributed by atoms with E-state index in [2.05, 4.69) is 33.9 Å². The van der Waals surface area contributed by atoms with Crippen molar-refractivity contribution < 1.29 is 0 Å². The summed E-state index contributed by atoms with van der Waals surface area (Å²) in [7, 11) is 0. The number of hydrogen-bond acceptors (Lipinski definition) is 4. The Morgan fingerprint density at radius 2 is 2.33 bits per heavy atom. The fourth-order valence-corrected chi connectivity index (χ4v) is 2.92. The van der Waals surface area contributed by atoms with Crippen molar-refractivity contribution in [2.45, 2.75) is 45.3 Å². The minimum Gasteiger partial charge on any atom is -0.307 e. The number of aromatic nitrogens is 3. The SMILES string of the molecule is CCn1cc(CNCc2csc(C3CC3)n2)cn1. The Bertz CT molecular complexity index is 513. The van der Waals surface area contributed by atoms with Crippen LogP contribution in [0.25, 0.3) is 0 Å². The van der Waals surface area contributed by atoms with E-state index in [1.54, 1.807) is 11.3 Å². The fraction of sp³-hybridized carbons (Fsp3) is 0.538. The molecule has 3 rings (SSSR count). The zero-order chi connectivity index (χ0) is 12.4. The smallest absolute Gasteiger partial charge is 0.0959 e. The second kappa shape index (κ2) is 5.20. The maximum Gasteiger partial charge on any atom is 0.0959 e. The zero-order valence-corrected chi connectivity index (χ0v) is 11.4. The van der Waals surface area contributed by atoms with E-state index in [1.807, 2.05) is 10.9 Å². The normalized spacial score (nSPS) is 15.2. The van der Waals surface area contributed by atoms with Crippen LogP contribution in [0.15, 0.2) is 17.8 Å². The molecule has 0 spiro atoms. The first-order valence-corrected chi connectivity index (χ1v) is 7.39. The average molecular weight is 262 g/mol. The number of aryl methyl sites for hydroxylation is 1. The third kappa shape index (κ3) is 2.79. The van der Waals surface area contributed by atoms with Crippen LogP contribution in [0.3, 0.4) is 0 Å². The molecule has 0 radical (unpaired) electrons. The molecular weight excluding hydrogens is 244 g/mol. The molecule has 1 fully saturated rings. The van der Waals surface area contributed by atoms with Crippen molar-refractivity contribution >= 4 is 11.3 Å². The van der Waals surface area contributed by atoms with Crippen molar-refractivity contribution in [3.8, 4) is 0 Å². The molecule has 0 aliphatic heterocycles. The lowest BCUT2D eigenvalue weighted by atomic mass is 10.3. The Labute approximate surface area is 111 Å². The maximum atomic E-state index is 4.66. The molecule has 2 aromatic heterocycles. The molecule has 0 bridgehead atoms. The van der Waals surface area contributed by atoms with Crippen molar-refractivity contribution in [2.75, 3.05) is 0 Å². The van der Waals surface area contributed by atoms with E-state index in [4.69, 9.17) is 0 Å². The monoisotopic (exact) mass is 262 g/mol. The van der Waals surface area contributed by atoms with E-state index >= 15 is 0 Å². The molecule has 18 heavy (non-hydrogen) atoms.